The van der Waals surface area contributed by atoms with E-state index in [9.17, 15) is 0 Å². The van der Waals surface area contributed by atoms with Crippen LogP contribution in [0.15, 0.2) is 29.0 Å². The first kappa shape index (κ1) is 11.3. The molecule has 0 aromatic carbocycles. The molecule has 1 saturated carbocycles. The Morgan fingerprint density at radius 2 is 2.33 bits per heavy atom. The summed E-state index contributed by atoms with van der Waals surface area (Å²) in [6.07, 6.45) is 6.98. The Labute approximate surface area is 106 Å². The lowest BCUT2D eigenvalue weighted by Gasteiger charge is -2.14. The van der Waals surface area contributed by atoms with Gasteiger partial charge in [0.15, 0.2) is 0 Å². The summed E-state index contributed by atoms with van der Waals surface area (Å²) < 4.78 is 5.41. The molecule has 2 heterocycles. The summed E-state index contributed by atoms with van der Waals surface area (Å²) in [5.74, 6) is 1.71. The number of rotatable bonds is 3. The summed E-state index contributed by atoms with van der Waals surface area (Å²) >= 11 is 0. The second-order valence-electron chi connectivity index (χ2n) is 4.63. The van der Waals surface area contributed by atoms with Crippen molar-refractivity contribution in [1.29, 1.82) is 0 Å². The van der Waals surface area contributed by atoms with Crippen molar-refractivity contribution in [3.63, 3.8) is 0 Å². The number of hydrogen-bond acceptors (Lipinski definition) is 5. The Kier molecular flexibility index (Phi) is 3.06. The third-order valence-corrected chi connectivity index (χ3v) is 3.57. The molecule has 5 nitrogen and oxygen atoms in total. The number of likely N-dealkylation sites (N-methyl/N-ethyl adjacent to an activating group) is 1. The van der Waals surface area contributed by atoms with E-state index < -0.39 is 0 Å². The van der Waals surface area contributed by atoms with Crippen LogP contribution in [0.1, 0.15) is 31.1 Å². The highest BCUT2D eigenvalue weighted by molar-refractivity contribution is 5.51. The van der Waals surface area contributed by atoms with Gasteiger partial charge in [0.25, 0.3) is 0 Å². The Morgan fingerprint density at radius 3 is 3.11 bits per heavy atom. The van der Waals surface area contributed by atoms with Crippen LogP contribution in [0.4, 0.5) is 0 Å². The molecule has 0 spiro atoms. The van der Waals surface area contributed by atoms with Crippen LogP contribution in [-0.2, 0) is 0 Å². The van der Waals surface area contributed by atoms with Crippen molar-refractivity contribution in [2.24, 2.45) is 0 Å². The van der Waals surface area contributed by atoms with Gasteiger partial charge in [-0.3, -0.25) is 4.98 Å². The molecule has 0 aliphatic heterocycles. The molecule has 1 N–H and O–H groups in total. The molecule has 94 valence electrons. The lowest BCUT2D eigenvalue weighted by atomic mass is 10.0. The summed E-state index contributed by atoms with van der Waals surface area (Å²) in [7, 11) is 1.99. The average molecular weight is 244 g/mol. The monoisotopic (exact) mass is 244 g/mol. The van der Waals surface area contributed by atoms with Gasteiger partial charge in [-0.25, -0.2) is 0 Å². The van der Waals surface area contributed by atoms with Gasteiger partial charge in [-0.05, 0) is 32.0 Å². The lowest BCUT2D eigenvalue weighted by Crippen LogP contribution is -2.27. The Balaban J connectivity index is 1.86. The molecule has 1 aliphatic rings. The number of nitrogens with zero attached hydrogens (tertiary/aromatic N) is 3. The minimum Gasteiger partial charge on any atom is -0.339 e. The summed E-state index contributed by atoms with van der Waals surface area (Å²) in [6, 6.07) is 4.26. The molecule has 1 fully saturated rings. The van der Waals surface area contributed by atoms with Crippen LogP contribution < -0.4 is 5.32 Å². The first-order chi connectivity index (χ1) is 8.88. The van der Waals surface area contributed by atoms with E-state index in [0.29, 0.717) is 17.8 Å². The van der Waals surface area contributed by atoms with Crippen molar-refractivity contribution in [2.75, 3.05) is 7.05 Å². The van der Waals surface area contributed by atoms with Crippen molar-refractivity contribution in [3.05, 3.63) is 30.4 Å². The Morgan fingerprint density at radius 1 is 1.39 bits per heavy atom. The normalized spacial score (nSPS) is 23.4. The summed E-state index contributed by atoms with van der Waals surface area (Å²) in [5, 5.41) is 7.37. The van der Waals surface area contributed by atoms with Crippen molar-refractivity contribution < 1.29 is 4.52 Å². The van der Waals surface area contributed by atoms with Crippen LogP contribution in [-0.4, -0.2) is 28.2 Å². The fraction of sp³-hybridized carbons (Fsp3) is 0.462. The zero-order chi connectivity index (χ0) is 12.4. The van der Waals surface area contributed by atoms with Gasteiger partial charge in [0, 0.05) is 24.0 Å². The smallest absolute Gasteiger partial charge is 0.231 e. The molecule has 2 atom stereocenters. The predicted octanol–water partition coefficient (Wildman–Crippen LogP) is 1.99. The van der Waals surface area contributed by atoms with Crippen LogP contribution in [0.2, 0.25) is 0 Å². The standard InChI is InChI=1S/C13H16N4O/c1-14-11-6-2-5-10(11)13-16-12(17-18-13)9-4-3-7-15-8-9/h3-4,7-8,10-11,14H,2,5-6H2,1H3/t10-,11-/m0/s1. The van der Waals surface area contributed by atoms with Gasteiger partial charge in [-0.1, -0.05) is 11.6 Å². The molecule has 2 aromatic rings. The Hall–Kier alpha value is -1.75. The highest BCUT2D eigenvalue weighted by Gasteiger charge is 2.31. The van der Waals surface area contributed by atoms with Crippen LogP contribution in [0.25, 0.3) is 11.4 Å². The van der Waals surface area contributed by atoms with E-state index in [-0.39, 0.29) is 0 Å². The minimum atomic E-state index is 0.341. The number of hydrogen-bond donors (Lipinski definition) is 1. The topological polar surface area (TPSA) is 63.8 Å². The van der Waals surface area contributed by atoms with E-state index in [2.05, 4.69) is 20.4 Å². The average Bonchev–Trinajstić information content (AvgIpc) is 3.08. The van der Waals surface area contributed by atoms with E-state index in [1.807, 2.05) is 19.2 Å². The van der Waals surface area contributed by atoms with Crippen molar-refractivity contribution in [3.8, 4) is 11.4 Å². The summed E-state index contributed by atoms with van der Waals surface area (Å²) in [4.78, 5) is 8.57. The van der Waals surface area contributed by atoms with Gasteiger partial charge in [-0.2, -0.15) is 4.98 Å². The van der Waals surface area contributed by atoms with E-state index in [4.69, 9.17) is 4.52 Å². The van der Waals surface area contributed by atoms with Crippen LogP contribution in [0.5, 0.6) is 0 Å². The van der Waals surface area contributed by atoms with Gasteiger partial charge in [-0.15, -0.1) is 0 Å². The first-order valence-electron chi connectivity index (χ1n) is 6.30. The maximum Gasteiger partial charge on any atom is 0.231 e. The SMILES string of the molecule is CN[C@H]1CCC[C@@H]1c1nc(-c2cccnc2)no1. The molecule has 0 unspecified atom stereocenters. The third-order valence-electron chi connectivity index (χ3n) is 3.57. The summed E-state index contributed by atoms with van der Waals surface area (Å²) in [5.41, 5.74) is 0.895. The second-order valence-corrected chi connectivity index (χ2v) is 4.63. The zero-order valence-electron chi connectivity index (χ0n) is 10.3. The van der Waals surface area contributed by atoms with E-state index in [1.165, 1.54) is 12.8 Å². The van der Waals surface area contributed by atoms with E-state index >= 15 is 0 Å². The number of pyridine rings is 1. The van der Waals surface area contributed by atoms with Crippen molar-refractivity contribution in [2.45, 2.75) is 31.2 Å². The fourth-order valence-electron chi connectivity index (χ4n) is 2.60. The number of aromatic nitrogens is 3. The molecule has 0 saturated heterocycles. The van der Waals surface area contributed by atoms with Crippen molar-refractivity contribution in [1.82, 2.24) is 20.4 Å². The Bertz CT molecular complexity index is 511. The lowest BCUT2D eigenvalue weighted by molar-refractivity contribution is 0.335. The molecular weight excluding hydrogens is 228 g/mol. The van der Waals surface area contributed by atoms with E-state index in [1.54, 1.807) is 12.4 Å². The van der Waals surface area contributed by atoms with Crippen LogP contribution in [0, 0.1) is 0 Å². The molecule has 1 aliphatic carbocycles. The highest BCUT2D eigenvalue weighted by atomic mass is 16.5. The minimum absolute atomic E-state index is 0.341. The molecule has 0 bridgehead atoms. The third kappa shape index (κ3) is 2.01. The first-order valence-corrected chi connectivity index (χ1v) is 6.30. The highest BCUT2D eigenvalue weighted by Crippen LogP contribution is 2.34. The van der Waals surface area contributed by atoms with Crippen LogP contribution in [0.3, 0.4) is 0 Å². The largest absolute Gasteiger partial charge is 0.339 e. The van der Waals surface area contributed by atoms with Gasteiger partial charge in [0.05, 0.1) is 5.92 Å². The quantitative estimate of drug-likeness (QED) is 0.894. The van der Waals surface area contributed by atoms with Gasteiger partial charge < -0.3 is 9.84 Å². The van der Waals surface area contributed by atoms with Gasteiger partial charge in [0.1, 0.15) is 0 Å². The fourth-order valence-corrected chi connectivity index (χ4v) is 2.60. The maximum absolute atomic E-state index is 5.41. The molecule has 18 heavy (non-hydrogen) atoms. The van der Waals surface area contributed by atoms with Crippen LogP contribution >= 0.6 is 0 Å². The molecule has 3 rings (SSSR count). The van der Waals surface area contributed by atoms with Crippen molar-refractivity contribution >= 4 is 0 Å². The molecule has 0 amide bonds. The second kappa shape index (κ2) is 4.86. The van der Waals surface area contributed by atoms with Gasteiger partial charge in [0.2, 0.25) is 11.7 Å². The number of nitrogens with one attached hydrogen (secondary N) is 1. The summed E-state index contributed by atoms with van der Waals surface area (Å²) in [6.45, 7) is 0. The molecule has 2 aromatic heterocycles. The van der Waals surface area contributed by atoms with Gasteiger partial charge >= 0.3 is 0 Å². The molecular formula is C13H16N4O. The molecule has 5 heteroatoms. The predicted molar refractivity (Wildman–Crippen MR) is 67.0 cm³/mol. The molecule has 0 radical (unpaired) electrons. The maximum atomic E-state index is 5.41. The zero-order valence-corrected chi connectivity index (χ0v) is 10.3. The van der Waals surface area contributed by atoms with E-state index in [0.717, 1.165) is 17.9 Å².